The van der Waals surface area contributed by atoms with Crippen LogP contribution in [0.4, 0.5) is 10.6 Å². The summed E-state index contributed by atoms with van der Waals surface area (Å²) in [5.74, 6) is 0.616. The summed E-state index contributed by atoms with van der Waals surface area (Å²) in [6, 6.07) is 7.51. The zero-order valence-electron chi connectivity index (χ0n) is 22.7. The molecule has 1 saturated heterocycles. The molecule has 6 rings (SSSR count). The lowest BCUT2D eigenvalue weighted by molar-refractivity contribution is -0.0538. The van der Waals surface area contributed by atoms with Gasteiger partial charge in [-0.1, -0.05) is 0 Å². The molecule has 39 heavy (non-hydrogen) atoms. The topological polar surface area (TPSA) is 116 Å². The highest BCUT2D eigenvalue weighted by Gasteiger charge is 2.48. The molecule has 1 N–H and O–H groups in total. The van der Waals surface area contributed by atoms with E-state index in [-0.39, 0.29) is 23.5 Å². The SMILES string of the molecule is COc1cc2nn(C3CCC4(CC3)CN(C(=O)OC(C)(C)C)C4)cc2cc1C(=O)Nc1cnc2cccnn12. The Morgan fingerprint density at radius 2 is 1.92 bits per heavy atom. The minimum atomic E-state index is -0.478. The summed E-state index contributed by atoms with van der Waals surface area (Å²) in [7, 11) is 1.55. The quantitative estimate of drug-likeness (QED) is 0.406. The lowest BCUT2D eigenvalue weighted by Gasteiger charge is -2.53. The van der Waals surface area contributed by atoms with E-state index >= 15 is 0 Å². The van der Waals surface area contributed by atoms with Gasteiger partial charge in [-0.25, -0.2) is 9.78 Å². The lowest BCUT2D eigenvalue weighted by atomic mass is 9.67. The van der Waals surface area contributed by atoms with Crippen LogP contribution in [0.15, 0.2) is 42.9 Å². The first-order valence-corrected chi connectivity index (χ1v) is 13.3. The van der Waals surface area contributed by atoms with Crippen LogP contribution in [0.3, 0.4) is 0 Å². The van der Waals surface area contributed by atoms with E-state index in [0.717, 1.165) is 49.7 Å². The summed E-state index contributed by atoms with van der Waals surface area (Å²) in [6.45, 7) is 7.19. The predicted octanol–water partition coefficient (Wildman–Crippen LogP) is 4.69. The maximum Gasteiger partial charge on any atom is 0.410 e. The van der Waals surface area contributed by atoms with E-state index in [2.05, 4.69) is 15.4 Å². The molecule has 1 spiro atoms. The van der Waals surface area contributed by atoms with Crippen LogP contribution in [-0.2, 0) is 4.74 Å². The van der Waals surface area contributed by atoms with Crippen LogP contribution in [0, 0.1) is 5.41 Å². The van der Waals surface area contributed by atoms with Gasteiger partial charge >= 0.3 is 6.09 Å². The van der Waals surface area contributed by atoms with Gasteiger partial charge in [-0.15, -0.1) is 0 Å². The fourth-order valence-corrected chi connectivity index (χ4v) is 5.72. The normalized spacial score (nSPS) is 17.4. The molecule has 1 saturated carbocycles. The van der Waals surface area contributed by atoms with Crippen LogP contribution in [0.5, 0.6) is 5.75 Å². The predicted molar refractivity (Wildman–Crippen MR) is 145 cm³/mol. The molecular formula is C28H33N7O4. The molecule has 11 nitrogen and oxygen atoms in total. The number of imidazole rings is 1. The summed E-state index contributed by atoms with van der Waals surface area (Å²) in [6.07, 6.45) is 9.06. The van der Waals surface area contributed by atoms with E-state index in [0.29, 0.717) is 22.8 Å². The molecule has 11 heteroatoms. The number of nitrogens with one attached hydrogen (secondary N) is 1. The molecule has 2 aliphatic rings. The number of ether oxygens (including phenoxy) is 2. The van der Waals surface area contributed by atoms with Crippen LogP contribution < -0.4 is 10.1 Å². The number of anilines is 1. The van der Waals surface area contributed by atoms with Crippen molar-refractivity contribution in [2.75, 3.05) is 25.5 Å². The summed E-state index contributed by atoms with van der Waals surface area (Å²) in [4.78, 5) is 31.7. The van der Waals surface area contributed by atoms with E-state index in [1.54, 1.807) is 30.1 Å². The maximum absolute atomic E-state index is 13.2. The van der Waals surface area contributed by atoms with Crippen molar-refractivity contribution < 1.29 is 19.1 Å². The van der Waals surface area contributed by atoms with Gasteiger partial charge in [0.1, 0.15) is 11.4 Å². The van der Waals surface area contributed by atoms with E-state index in [4.69, 9.17) is 14.6 Å². The van der Waals surface area contributed by atoms with Crippen molar-refractivity contribution in [1.82, 2.24) is 29.3 Å². The molecule has 4 aromatic rings. The Labute approximate surface area is 226 Å². The highest BCUT2D eigenvalue weighted by atomic mass is 16.6. The minimum Gasteiger partial charge on any atom is -0.496 e. The highest BCUT2D eigenvalue weighted by Crippen LogP contribution is 2.47. The Bertz CT molecular complexity index is 1550. The molecule has 1 aliphatic heterocycles. The Morgan fingerprint density at radius 1 is 1.15 bits per heavy atom. The molecule has 2 amide bonds. The van der Waals surface area contributed by atoms with Crippen molar-refractivity contribution in [1.29, 1.82) is 0 Å². The second-order valence-electron chi connectivity index (χ2n) is 11.7. The summed E-state index contributed by atoms with van der Waals surface area (Å²) >= 11 is 0. The van der Waals surface area contributed by atoms with Crippen molar-refractivity contribution in [3.63, 3.8) is 0 Å². The van der Waals surface area contributed by atoms with Crippen LogP contribution >= 0.6 is 0 Å². The molecule has 3 aromatic heterocycles. The van der Waals surface area contributed by atoms with E-state index in [1.165, 1.54) is 0 Å². The Balaban J connectivity index is 1.14. The second kappa shape index (κ2) is 9.25. The van der Waals surface area contributed by atoms with Crippen molar-refractivity contribution in [3.05, 3.63) is 48.4 Å². The zero-order chi connectivity index (χ0) is 27.4. The van der Waals surface area contributed by atoms with Gasteiger partial charge in [0.15, 0.2) is 11.5 Å². The Hall–Kier alpha value is -4.15. The fourth-order valence-electron chi connectivity index (χ4n) is 5.72. The average Bonchev–Trinajstić information content (AvgIpc) is 3.49. The molecular weight excluding hydrogens is 498 g/mol. The van der Waals surface area contributed by atoms with Gasteiger partial charge in [0, 0.05) is 42.4 Å². The first-order valence-electron chi connectivity index (χ1n) is 13.3. The Morgan fingerprint density at radius 3 is 2.64 bits per heavy atom. The van der Waals surface area contributed by atoms with Crippen molar-refractivity contribution in [2.45, 2.75) is 58.1 Å². The van der Waals surface area contributed by atoms with Gasteiger partial charge in [-0.3, -0.25) is 9.48 Å². The van der Waals surface area contributed by atoms with E-state index in [1.807, 2.05) is 54.7 Å². The van der Waals surface area contributed by atoms with Crippen molar-refractivity contribution in [2.24, 2.45) is 5.41 Å². The van der Waals surface area contributed by atoms with Gasteiger partial charge in [0.2, 0.25) is 0 Å². The molecule has 0 atom stereocenters. The van der Waals surface area contributed by atoms with E-state index in [9.17, 15) is 9.59 Å². The number of fused-ring (bicyclic) bond motifs is 2. The monoisotopic (exact) mass is 531 g/mol. The number of hydrogen-bond acceptors (Lipinski definition) is 7. The number of likely N-dealkylation sites (tertiary alicyclic amines) is 1. The zero-order valence-corrected chi connectivity index (χ0v) is 22.7. The van der Waals surface area contributed by atoms with Crippen LogP contribution in [0.1, 0.15) is 62.9 Å². The van der Waals surface area contributed by atoms with Crippen LogP contribution in [0.25, 0.3) is 16.6 Å². The van der Waals surface area contributed by atoms with Gasteiger partial charge < -0.3 is 19.7 Å². The molecule has 0 radical (unpaired) electrons. The second-order valence-corrected chi connectivity index (χ2v) is 11.7. The Kier molecular flexibility index (Phi) is 5.96. The summed E-state index contributed by atoms with van der Waals surface area (Å²) < 4.78 is 14.7. The standard InChI is InChI=1S/C28H33N7O4/c1-27(2,3)39-26(37)33-16-28(17-33)9-7-19(8-10-28)34-15-18-12-20(22(38-4)13-21(18)32-34)25(36)31-24-14-29-23-6-5-11-30-35(23)24/h5-6,11-15,19H,7-10,16-17H2,1-4H3,(H,31,36). The van der Waals surface area contributed by atoms with E-state index < -0.39 is 5.60 Å². The fraction of sp³-hybridized carbons (Fsp3) is 0.464. The number of hydrogen-bond donors (Lipinski definition) is 1. The summed E-state index contributed by atoms with van der Waals surface area (Å²) in [5, 5.41) is 12.8. The lowest BCUT2D eigenvalue weighted by Crippen LogP contribution is -2.60. The molecule has 4 heterocycles. The number of nitrogens with zero attached hydrogens (tertiary/aromatic N) is 6. The number of carbonyl (C=O) groups is 2. The summed E-state index contributed by atoms with van der Waals surface area (Å²) in [5.41, 5.74) is 1.54. The third kappa shape index (κ3) is 4.77. The maximum atomic E-state index is 13.2. The van der Waals surface area contributed by atoms with Gasteiger partial charge in [0.05, 0.1) is 30.4 Å². The first-order chi connectivity index (χ1) is 18.6. The van der Waals surface area contributed by atoms with Gasteiger partial charge in [0.25, 0.3) is 5.91 Å². The molecule has 2 fully saturated rings. The molecule has 0 bridgehead atoms. The number of methoxy groups -OCH3 is 1. The average molecular weight is 532 g/mol. The number of aromatic nitrogens is 5. The van der Waals surface area contributed by atoms with Gasteiger partial charge in [-0.2, -0.15) is 14.7 Å². The molecule has 0 unspecified atom stereocenters. The molecule has 204 valence electrons. The van der Waals surface area contributed by atoms with Crippen LogP contribution in [-0.4, -0.2) is 67.1 Å². The number of carbonyl (C=O) groups excluding carboxylic acids is 2. The number of amides is 2. The van der Waals surface area contributed by atoms with Gasteiger partial charge in [-0.05, 0) is 64.7 Å². The van der Waals surface area contributed by atoms with Crippen molar-refractivity contribution >= 4 is 34.4 Å². The third-order valence-corrected chi connectivity index (χ3v) is 7.70. The minimum absolute atomic E-state index is 0.182. The highest BCUT2D eigenvalue weighted by molar-refractivity contribution is 6.08. The third-order valence-electron chi connectivity index (χ3n) is 7.70. The largest absolute Gasteiger partial charge is 0.496 e. The van der Waals surface area contributed by atoms with Crippen molar-refractivity contribution in [3.8, 4) is 5.75 Å². The first kappa shape index (κ1) is 25.1. The molecule has 1 aromatic carbocycles. The smallest absolute Gasteiger partial charge is 0.410 e. The molecule has 1 aliphatic carbocycles. The van der Waals surface area contributed by atoms with Crippen LogP contribution in [0.2, 0.25) is 0 Å². The number of benzene rings is 1. The number of rotatable bonds is 4.